The van der Waals surface area contributed by atoms with E-state index in [1.165, 1.54) is 38.3 Å². The molecule has 1 saturated heterocycles. The molecule has 0 aromatic carbocycles. The smallest absolute Gasteiger partial charge is 0.383 e. The van der Waals surface area contributed by atoms with Crippen LogP contribution in [0, 0.1) is 11.8 Å². The summed E-state index contributed by atoms with van der Waals surface area (Å²) in [6.45, 7) is 8.17. The number of H-pyrrole nitrogens is 1. The largest absolute Gasteiger partial charge is 0.419 e. The molecule has 3 aliphatic rings. The van der Waals surface area contributed by atoms with Crippen LogP contribution in [-0.2, 0) is 10.9 Å². The van der Waals surface area contributed by atoms with Gasteiger partial charge in [0.2, 0.25) is 0 Å². The number of aromatic amines is 1. The lowest BCUT2D eigenvalue weighted by atomic mass is 10.1. The number of ether oxygens (including phenoxy) is 1. The highest BCUT2D eigenvalue weighted by Gasteiger charge is 2.47. The first-order chi connectivity index (χ1) is 14.7. The summed E-state index contributed by atoms with van der Waals surface area (Å²) in [6.07, 6.45) is 2.79. The fourth-order valence-corrected chi connectivity index (χ4v) is 4.55. The van der Waals surface area contributed by atoms with Gasteiger partial charge >= 0.3 is 6.18 Å². The monoisotopic (exact) mass is 437 g/mol. The predicted octanol–water partition coefficient (Wildman–Crippen LogP) is 4.31. The highest BCUT2D eigenvalue weighted by Crippen LogP contribution is 2.53. The van der Waals surface area contributed by atoms with Gasteiger partial charge in [0.05, 0.1) is 30.7 Å². The molecule has 2 aliphatic carbocycles. The lowest BCUT2D eigenvalue weighted by molar-refractivity contribution is -0.137. The molecule has 5 rings (SSSR count). The van der Waals surface area contributed by atoms with Gasteiger partial charge in [0.1, 0.15) is 11.6 Å². The third-order valence-corrected chi connectivity index (χ3v) is 6.46. The first kappa shape index (κ1) is 22.1. The highest BCUT2D eigenvalue weighted by atomic mass is 19.4. The van der Waals surface area contributed by atoms with E-state index in [0.29, 0.717) is 17.1 Å². The van der Waals surface area contributed by atoms with Gasteiger partial charge in [-0.2, -0.15) is 13.2 Å². The average molecular weight is 438 g/mol. The van der Waals surface area contributed by atoms with E-state index in [4.69, 9.17) is 10.5 Å². The van der Waals surface area contributed by atoms with E-state index in [9.17, 15) is 13.2 Å². The van der Waals surface area contributed by atoms with E-state index in [2.05, 4.69) is 19.9 Å². The van der Waals surface area contributed by atoms with Crippen LogP contribution in [0.1, 0.15) is 50.4 Å². The Hall–Kier alpha value is -2.13. The third kappa shape index (κ3) is 5.20. The molecule has 9 heteroatoms. The van der Waals surface area contributed by atoms with Crippen molar-refractivity contribution < 1.29 is 17.9 Å². The Labute approximate surface area is 180 Å². The van der Waals surface area contributed by atoms with E-state index < -0.39 is 17.6 Å². The molecule has 0 radical (unpaired) electrons. The number of nitrogens with one attached hydrogen (secondary N) is 1. The van der Waals surface area contributed by atoms with E-state index in [1.54, 1.807) is 6.42 Å². The van der Waals surface area contributed by atoms with Crippen molar-refractivity contribution in [1.29, 1.82) is 0 Å². The van der Waals surface area contributed by atoms with Crippen LogP contribution in [0.2, 0.25) is 0 Å². The SMILES string of the molecule is C1CN(C2CC3CC3C2)CCO1.CC(C)c1ncc(-c2cnc(N)c(C(F)(F)F)c2)[nH]1. The van der Waals surface area contributed by atoms with Crippen molar-refractivity contribution in [2.45, 2.75) is 51.2 Å². The van der Waals surface area contributed by atoms with E-state index in [0.717, 1.165) is 37.2 Å². The van der Waals surface area contributed by atoms with Crippen LogP contribution in [0.5, 0.6) is 0 Å². The topological polar surface area (TPSA) is 80.1 Å². The maximum absolute atomic E-state index is 12.7. The summed E-state index contributed by atoms with van der Waals surface area (Å²) >= 11 is 0. The number of pyridine rings is 1. The molecule has 0 bridgehead atoms. The second kappa shape index (κ2) is 8.78. The van der Waals surface area contributed by atoms with Gasteiger partial charge in [-0.1, -0.05) is 13.8 Å². The number of nitrogens with two attached hydrogens (primary N) is 1. The number of fused-ring (bicyclic) bond motifs is 1. The summed E-state index contributed by atoms with van der Waals surface area (Å²) in [5.74, 6) is 2.59. The van der Waals surface area contributed by atoms with Crippen molar-refractivity contribution in [3.63, 3.8) is 0 Å². The third-order valence-electron chi connectivity index (χ3n) is 6.46. The van der Waals surface area contributed by atoms with Crippen LogP contribution in [0.4, 0.5) is 19.0 Å². The predicted molar refractivity (Wildman–Crippen MR) is 112 cm³/mol. The second-order valence-corrected chi connectivity index (χ2v) is 9.02. The molecule has 0 spiro atoms. The number of alkyl halides is 3. The molecule has 2 aromatic rings. The minimum Gasteiger partial charge on any atom is -0.383 e. The summed E-state index contributed by atoms with van der Waals surface area (Å²) in [5.41, 5.74) is 5.11. The first-order valence-electron chi connectivity index (χ1n) is 10.9. The van der Waals surface area contributed by atoms with Crippen LogP contribution in [-0.4, -0.2) is 52.2 Å². The standard InChI is InChI=1S/C12H13F3N4.C10H17NO/c1-6(2)11-18-5-9(19-11)7-3-8(12(13,14)15)10(16)17-4-7;1-3-12-4-2-11(1)10-6-8-5-9(8)7-10/h3-6H,1-2H3,(H2,16,17)(H,18,19);8-10H,1-7H2. The van der Waals surface area contributed by atoms with Crippen LogP contribution >= 0.6 is 0 Å². The molecule has 31 heavy (non-hydrogen) atoms. The molecule has 1 aliphatic heterocycles. The van der Waals surface area contributed by atoms with Crippen LogP contribution in [0.25, 0.3) is 11.3 Å². The van der Waals surface area contributed by atoms with Crippen molar-refractivity contribution in [3.05, 3.63) is 29.8 Å². The number of halogens is 3. The van der Waals surface area contributed by atoms with Gasteiger partial charge in [-0.15, -0.1) is 0 Å². The molecular formula is C22H30F3N5O. The molecule has 0 amide bonds. The van der Waals surface area contributed by atoms with Gasteiger partial charge in [-0.05, 0) is 37.2 Å². The normalized spacial score (nSPS) is 25.8. The van der Waals surface area contributed by atoms with Crippen LogP contribution in [0.15, 0.2) is 18.5 Å². The van der Waals surface area contributed by atoms with Gasteiger partial charge in [-0.25, -0.2) is 9.97 Å². The molecule has 170 valence electrons. The van der Waals surface area contributed by atoms with Crippen molar-refractivity contribution in [3.8, 4) is 11.3 Å². The van der Waals surface area contributed by atoms with Gasteiger partial charge in [0.15, 0.2) is 0 Å². The molecule has 2 unspecified atom stereocenters. The molecule has 3 N–H and O–H groups in total. The van der Waals surface area contributed by atoms with E-state index in [-0.39, 0.29) is 5.92 Å². The van der Waals surface area contributed by atoms with E-state index >= 15 is 0 Å². The average Bonchev–Trinajstić information content (AvgIpc) is 3.14. The summed E-state index contributed by atoms with van der Waals surface area (Å²) in [4.78, 5) is 13.3. The first-order valence-corrected chi connectivity index (χ1v) is 10.9. The van der Waals surface area contributed by atoms with Crippen LogP contribution in [0.3, 0.4) is 0 Å². The summed E-state index contributed by atoms with van der Waals surface area (Å²) < 4.78 is 43.6. The molecule has 2 atom stereocenters. The molecule has 3 heterocycles. The van der Waals surface area contributed by atoms with Crippen LogP contribution < -0.4 is 5.73 Å². The number of hydrogen-bond acceptors (Lipinski definition) is 5. The number of nitrogen functional groups attached to an aromatic ring is 1. The maximum Gasteiger partial charge on any atom is 0.419 e. The number of imidazole rings is 1. The molecule has 3 fully saturated rings. The zero-order chi connectivity index (χ0) is 22.2. The quantitative estimate of drug-likeness (QED) is 0.748. The van der Waals surface area contributed by atoms with Crippen molar-refractivity contribution >= 4 is 5.82 Å². The van der Waals surface area contributed by atoms with Gasteiger partial charge in [0, 0.05) is 36.8 Å². The fourth-order valence-electron chi connectivity index (χ4n) is 4.55. The fraction of sp³-hybridized carbons (Fsp3) is 0.636. The lowest BCUT2D eigenvalue weighted by Gasteiger charge is -2.32. The van der Waals surface area contributed by atoms with Gasteiger partial charge in [-0.3, -0.25) is 4.90 Å². The molecule has 2 saturated carbocycles. The summed E-state index contributed by atoms with van der Waals surface area (Å²) in [6, 6.07) is 1.90. The zero-order valence-electron chi connectivity index (χ0n) is 18.0. The lowest BCUT2D eigenvalue weighted by Crippen LogP contribution is -2.42. The molecular weight excluding hydrogens is 407 g/mol. The van der Waals surface area contributed by atoms with Crippen molar-refractivity contribution in [2.75, 3.05) is 32.0 Å². The maximum atomic E-state index is 12.7. The summed E-state index contributed by atoms with van der Waals surface area (Å²) in [5, 5.41) is 0. The number of hydrogen-bond donors (Lipinski definition) is 2. The Morgan fingerprint density at radius 2 is 1.77 bits per heavy atom. The minimum atomic E-state index is -4.52. The Bertz CT molecular complexity index is 882. The van der Waals surface area contributed by atoms with Gasteiger partial charge < -0.3 is 15.5 Å². The van der Waals surface area contributed by atoms with E-state index in [1.807, 2.05) is 13.8 Å². The molecule has 2 aromatic heterocycles. The van der Waals surface area contributed by atoms with Crippen molar-refractivity contribution in [1.82, 2.24) is 19.9 Å². The number of aromatic nitrogens is 3. The number of anilines is 1. The Balaban J connectivity index is 0.000000163. The Morgan fingerprint density at radius 3 is 2.35 bits per heavy atom. The molecule has 6 nitrogen and oxygen atoms in total. The number of nitrogens with zero attached hydrogens (tertiary/aromatic N) is 3. The highest BCUT2D eigenvalue weighted by molar-refractivity contribution is 5.61. The number of rotatable bonds is 3. The zero-order valence-corrected chi connectivity index (χ0v) is 18.0. The summed E-state index contributed by atoms with van der Waals surface area (Å²) in [7, 11) is 0. The number of morpholine rings is 1. The van der Waals surface area contributed by atoms with Gasteiger partial charge in [0.25, 0.3) is 0 Å². The Kier molecular flexibility index (Phi) is 6.25. The Morgan fingerprint density at radius 1 is 1.10 bits per heavy atom. The minimum absolute atomic E-state index is 0.164. The second-order valence-electron chi connectivity index (χ2n) is 9.02. The van der Waals surface area contributed by atoms with Crippen molar-refractivity contribution in [2.24, 2.45) is 11.8 Å².